The highest BCUT2D eigenvalue weighted by Crippen LogP contribution is 2.38. The molecule has 1 aliphatic heterocycles. The number of rotatable bonds is 7. The van der Waals surface area contributed by atoms with Gasteiger partial charge in [-0.3, -0.25) is 4.79 Å². The molecule has 0 aliphatic carbocycles. The minimum atomic E-state index is -0.572. The maximum Gasteiger partial charge on any atom is 0.343 e. The molecular formula is C32H25ClN4O5. The van der Waals surface area contributed by atoms with E-state index >= 15 is 0 Å². The largest absolute Gasteiger partial charge is 0.454 e. The van der Waals surface area contributed by atoms with Crippen molar-refractivity contribution in [3.05, 3.63) is 107 Å². The Morgan fingerprint density at radius 3 is 2.60 bits per heavy atom. The lowest BCUT2D eigenvalue weighted by Crippen LogP contribution is -2.19. The molecule has 0 atom stereocenters. The van der Waals surface area contributed by atoms with Gasteiger partial charge in [-0.2, -0.15) is 5.10 Å². The average Bonchev–Trinajstić information content (AvgIpc) is 3.62. The van der Waals surface area contributed by atoms with Crippen molar-refractivity contribution in [2.24, 2.45) is 5.10 Å². The molecule has 2 N–H and O–H groups in total. The van der Waals surface area contributed by atoms with E-state index in [-0.39, 0.29) is 12.5 Å². The number of aromatic nitrogens is 1. The molecule has 6 rings (SSSR count). The number of fused-ring (bicyclic) bond motifs is 2. The Labute approximate surface area is 246 Å². The van der Waals surface area contributed by atoms with Crippen LogP contribution in [0.2, 0.25) is 5.02 Å². The lowest BCUT2D eigenvalue weighted by Gasteiger charge is -2.13. The number of anilines is 1. The molecule has 9 nitrogen and oxygen atoms in total. The summed E-state index contributed by atoms with van der Waals surface area (Å²) in [5.41, 5.74) is 6.85. The molecule has 0 saturated heterocycles. The third-order valence-corrected chi connectivity index (χ3v) is 7.10. The van der Waals surface area contributed by atoms with Crippen molar-refractivity contribution in [3.8, 4) is 28.4 Å². The molecule has 0 radical (unpaired) electrons. The second-order valence-corrected chi connectivity index (χ2v) is 10.1. The predicted octanol–water partition coefficient (Wildman–Crippen LogP) is 6.27. The van der Waals surface area contributed by atoms with Crippen LogP contribution in [0.15, 0.2) is 90.0 Å². The predicted molar refractivity (Wildman–Crippen MR) is 162 cm³/mol. The summed E-state index contributed by atoms with van der Waals surface area (Å²) in [4.78, 5) is 31.5. The molecule has 1 aromatic heterocycles. The zero-order valence-electron chi connectivity index (χ0n) is 22.7. The van der Waals surface area contributed by atoms with Gasteiger partial charge in [-0.25, -0.2) is 10.2 Å². The van der Waals surface area contributed by atoms with E-state index < -0.39 is 11.9 Å². The Bertz CT molecular complexity index is 1860. The first-order valence-corrected chi connectivity index (χ1v) is 13.4. The fourth-order valence-corrected chi connectivity index (χ4v) is 4.88. The fraction of sp³-hybridized carbons (Fsp3) is 0.0938. The van der Waals surface area contributed by atoms with E-state index in [0.717, 1.165) is 22.2 Å². The molecule has 5 aromatic rings. The number of carbonyl (C=O) groups is 2. The van der Waals surface area contributed by atoms with Gasteiger partial charge in [0.05, 0.1) is 11.8 Å². The summed E-state index contributed by atoms with van der Waals surface area (Å²) in [7, 11) is 3.91. The quantitative estimate of drug-likeness (QED) is 0.102. The van der Waals surface area contributed by atoms with E-state index in [4.69, 9.17) is 25.8 Å². The molecular weight excluding hydrogens is 556 g/mol. The Kier molecular flexibility index (Phi) is 7.24. The Balaban J connectivity index is 1.26. The molecule has 0 bridgehead atoms. The van der Waals surface area contributed by atoms with E-state index in [2.05, 4.69) is 15.5 Å². The third-order valence-electron chi connectivity index (χ3n) is 6.77. The number of H-pyrrole nitrogens is 1. The number of benzene rings is 4. The molecule has 0 saturated carbocycles. The second-order valence-electron chi connectivity index (χ2n) is 9.67. The zero-order chi connectivity index (χ0) is 29.2. The van der Waals surface area contributed by atoms with Crippen molar-refractivity contribution >= 4 is 46.3 Å². The molecule has 0 unspecified atom stereocenters. The number of para-hydroxylation sites is 1. The van der Waals surface area contributed by atoms with Gasteiger partial charge in [0.15, 0.2) is 11.5 Å². The van der Waals surface area contributed by atoms with Gasteiger partial charge in [-0.15, -0.1) is 0 Å². The number of hydrogen-bond acceptors (Lipinski definition) is 7. The molecule has 0 fully saturated rings. The van der Waals surface area contributed by atoms with Crippen LogP contribution in [-0.2, 0) is 0 Å². The van der Waals surface area contributed by atoms with Crippen molar-refractivity contribution < 1.29 is 23.8 Å². The smallest absolute Gasteiger partial charge is 0.343 e. The van der Waals surface area contributed by atoms with Gasteiger partial charge in [0.2, 0.25) is 6.79 Å². The topological polar surface area (TPSA) is 105 Å². The van der Waals surface area contributed by atoms with E-state index in [1.807, 2.05) is 55.4 Å². The highest BCUT2D eigenvalue weighted by atomic mass is 35.5. The van der Waals surface area contributed by atoms with Gasteiger partial charge in [0.25, 0.3) is 5.91 Å². The van der Waals surface area contributed by atoms with Crippen LogP contribution in [0.4, 0.5) is 5.69 Å². The number of aromatic amines is 1. The summed E-state index contributed by atoms with van der Waals surface area (Å²) in [6.07, 6.45) is 1.42. The zero-order valence-corrected chi connectivity index (χ0v) is 23.4. The van der Waals surface area contributed by atoms with E-state index in [1.54, 1.807) is 48.5 Å². The van der Waals surface area contributed by atoms with Crippen molar-refractivity contribution in [2.75, 3.05) is 25.8 Å². The van der Waals surface area contributed by atoms with Gasteiger partial charge in [-0.05, 0) is 54.6 Å². The van der Waals surface area contributed by atoms with E-state index in [9.17, 15) is 9.59 Å². The Morgan fingerprint density at radius 1 is 0.976 bits per heavy atom. The lowest BCUT2D eigenvalue weighted by atomic mass is 10.0. The van der Waals surface area contributed by atoms with Gasteiger partial charge >= 0.3 is 5.97 Å². The fourth-order valence-electron chi connectivity index (χ4n) is 4.65. The van der Waals surface area contributed by atoms with Crippen molar-refractivity contribution in [1.29, 1.82) is 0 Å². The monoisotopic (exact) mass is 580 g/mol. The number of esters is 1. The second kappa shape index (κ2) is 11.3. The Morgan fingerprint density at radius 2 is 1.76 bits per heavy atom. The molecule has 1 aliphatic rings. The standard InChI is InChI=1S/C32H25ClN4O5/c1-37(2)21-12-13-25-23(16-21)29(22-8-4-5-9-24(22)33)30(35-25)31(38)36-34-17-20-7-3-6-10-26(20)42-32(39)19-11-14-27-28(15-19)41-18-40-27/h3-17,35H,18H2,1-2H3,(H,36,38). The third kappa shape index (κ3) is 5.25. The number of amides is 1. The Hall–Kier alpha value is -5.28. The van der Waals surface area contributed by atoms with Crippen LogP contribution in [0.25, 0.3) is 22.0 Å². The first kappa shape index (κ1) is 26.9. The highest BCUT2D eigenvalue weighted by Gasteiger charge is 2.22. The number of nitrogens with zero attached hydrogens (tertiary/aromatic N) is 2. The molecule has 2 heterocycles. The molecule has 0 spiro atoms. The normalized spacial score (nSPS) is 12.1. The average molecular weight is 581 g/mol. The SMILES string of the molecule is CN(C)c1ccc2[nH]c(C(=O)NN=Cc3ccccc3OC(=O)c3ccc4c(c3)OCO4)c(-c3ccccc3Cl)c2c1. The minimum absolute atomic E-state index is 0.106. The summed E-state index contributed by atoms with van der Waals surface area (Å²) in [5, 5.41) is 5.53. The molecule has 4 aromatic carbocycles. The van der Waals surface area contributed by atoms with Gasteiger partial charge in [0.1, 0.15) is 11.4 Å². The van der Waals surface area contributed by atoms with Crippen molar-refractivity contribution in [3.63, 3.8) is 0 Å². The number of hydrazone groups is 1. The van der Waals surface area contributed by atoms with Crippen LogP contribution in [0, 0.1) is 0 Å². The van der Waals surface area contributed by atoms with Crippen LogP contribution < -0.4 is 24.5 Å². The van der Waals surface area contributed by atoms with Crippen molar-refractivity contribution in [2.45, 2.75) is 0 Å². The maximum atomic E-state index is 13.5. The number of ether oxygens (including phenoxy) is 3. The number of carbonyl (C=O) groups excluding carboxylic acids is 2. The minimum Gasteiger partial charge on any atom is -0.454 e. The molecule has 1 amide bonds. The first-order valence-electron chi connectivity index (χ1n) is 13.0. The number of halogens is 1. The summed E-state index contributed by atoms with van der Waals surface area (Å²) in [6, 6.07) is 25.0. The van der Waals surface area contributed by atoms with E-state index in [1.165, 1.54) is 6.21 Å². The van der Waals surface area contributed by atoms with Gasteiger partial charge < -0.3 is 24.1 Å². The van der Waals surface area contributed by atoms with Crippen LogP contribution in [0.3, 0.4) is 0 Å². The molecule has 42 heavy (non-hydrogen) atoms. The van der Waals surface area contributed by atoms with Crippen molar-refractivity contribution in [1.82, 2.24) is 10.4 Å². The number of nitrogens with one attached hydrogen (secondary N) is 2. The maximum absolute atomic E-state index is 13.5. The van der Waals surface area contributed by atoms with Crippen LogP contribution in [0.1, 0.15) is 26.4 Å². The van der Waals surface area contributed by atoms with Crippen LogP contribution >= 0.6 is 11.6 Å². The van der Waals surface area contributed by atoms with Gasteiger partial charge in [-0.1, -0.05) is 41.9 Å². The molecule has 210 valence electrons. The summed E-state index contributed by atoms with van der Waals surface area (Å²) < 4.78 is 16.3. The first-order chi connectivity index (χ1) is 20.4. The summed E-state index contributed by atoms with van der Waals surface area (Å²) >= 11 is 6.57. The number of hydrogen-bond donors (Lipinski definition) is 2. The highest BCUT2D eigenvalue weighted by molar-refractivity contribution is 6.34. The van der Waals surface area contributed by atoms with Crippen LogP contribution in [0.5, 0.6) is 17.2 Å². The lowest BCUT2D eigenvalue weighted by molar-refractivity contribution is 0.0733. The summed E-state index contributed by atoms with van der Waals surface area (Å²) in [6.45, 7) is 0.106. The van der Waals surface area contributed by atoms with Crippen LogP contribution in [-0.4, -0.2) is 44.0 Å². The molecule has 10 heteroatoms. The van der Waals surface area contributed by atoms with E-state index in [0.29, 0.717) is 38.9 Å². The van der Waals surface area contributed by atoms with Gasteiger partial charge in [0, 0.05) is 52.4 Å². The summed E-state index contributed by atoms with van der Waals surface area (Å²) in [5.74, 6) is 0.293.